The number of nitrogens with one attached hydrogen (secondary N) is 1. The molecule has 2 aromatic rings. The number of rotatable bonds is 2. The fraction of sp³-hybridized carbons (Fsp3) is 0.235. The third-order valence-electron chi connectivity index (χ3n) is 4.05. The first-order valence-electron chi connectivity index (χ1n) is 7.23. The second-order valence-corrected chi connectivity index (χ2v) is 5.89. The maximum absolute atomic E-state index is 12.4. The van der Waals surface area contributed by atoms with Crippen LogP contribution in [0.3, 0.4) is 0 Å². The Labute approximate surface area is 133 Å². The molecule has 1 amide bonds. The molecule has 0 unspecified atom stereocenters. The highest BCUT2D eigenvalue weighted by molar-refractivity contribution is 6.32. The van der Waals surface area contributed by atoms with Crippen molar-refractivity contribution >= 4 is 23.2 Å². The zero-order valence-corrected chi connectivity index (χ0v) is 12.6. The lowest BCUT2D eigenvalue weighted by molar-refractivity contribution is 0.102. The van der Waals surface area contributed by atoms with E-state index in [0.29, 0.717) is 22.1 Å². The van der Waals surface area contributed by atoms with E-state index < -0.39 is 0 Å². The number of ether oxygens (including phenoxy) is 2. The number of halogens is 1. The molecule has 1 N–H and O–H groups in total. The van der Waals surface area contributed by atoms with E-state index in [9.17, 15) is 4.79 Å². The number of fused-ring (bicyclic) bond motifs is 2. The van der Waals surface area contributed by atoms with E-state index in [4.69, 9.17) is 21.1 Å². The smallest absolute Gasteiger partial charge is 0.255 e. The van der Waals surface area contributed by atoms with Crippen LogP contribution in [0.4, 0.5) is 5.69 Å². The number of hydrogen-bond acceptors (Lipinski definition) is 3. The summed E-state index contributed by atoms with van der Waals surface area (Å²) in [4.78, 5) is 12.4. The number of anilines is 1. The van der Waals surface area contributed by atoms with Gasteiger partial charge in [-0.2, -0.15) is 0 Å². The summed E-state index contributed by atoms with van der Waals surface area (Å²) >= 11 is 6.11. The molecule has 0 saturated carbocycles. The predicted molar refractivity (Wildman–Crippen MR) is 84.0 cm³/mol. The molecule has 5 heteroatoms. The van der Waals surface area contributed by atoms with E-state index in [1.165, 1.54) is 17.5 Å². The van der Waals surface area contributed by atoms with Gasteiger partial charge in [-0.25, -0.2) is 0 Å². The zero-order chi connectivity index (χ0) is 15.1. The molecule has 0 saturated heterocycles. The highest BCUT2D eigenvalue weighted by Crippen LogP contribution is 2.40. The van der Waals surface area contributed by atoms with E-state index in [2.05, 4.69) is 17.4 Å². The zero-order valence-electron chi connectivity index (χ0n) is 11.8. The van der Waals surface area contributed by atoms with Gasteiger partial charge in [0.1, 0.15) is 0 Å². The first-order valence-corrected chi connectivity index (χ1v) is 7.61. The van der Waals surface area contributed by atoms with Crippen LogP contribution in [0.2, 0.25) is 5.02 Å². The van der Waals surface area contributed by atoms with Crippen molar-refractivity contribution in [3.05, 3.63) is 52.0 Å². The molecule has 0 bridgehead atoms. The summed E-state index contributed by atoms with van der Waals surface area (Å²) in [6, 6.07) is 9.32. The van der Waals surface area contributed by atoms with E-state index in [0.717, 1.165) is 18.5 Å². The van der Waals surface area contributed by atoms with Crippen LogP contribution in [0.25, 0.3) is 0 Å². The second kappa shape index (κ2) is 5.21. The Balaban J connectivity index is 1.59. The standard InChI is InChI=1S/C17H14ClNO3/c18-14-7-12(8-15-16(14)22-9-21-15)17(20)19-13-5-4-10-2-1-3-11(10)6-13/h4-8H,1-3,9H2,(H,19,20). The Morgan fingerprint density at radius 3 is 2.86 bits per heavy atom. The summed E-state index contributed by atoms with van der Waals surface area (Å²) in [5, 5.41) is 3.30. The highest BCUT2D eigenvalue weighted by atomic mass is 35.5. The fourth-order valence-corrected chi connectivity index (χ4v) is 3.22. The van der Waals surface area contributed by atoms with E-state index >= 15 is 0 Å². The summed E-state index contributed by atoms with van der Waals surface area (Å²) in [5.41, 5.74) is 3.96. The molecule has 0 radical (unpaired) electrons. The van der Waals surface area contributed by atoms with Crippen LogP contribution in [0.15, 0.2) is 30.3 Å². The highest BCUT2D eigenvalue weighted by Gasteiger charge is 2.21. The number of carbonyl (C=O) groups excluding carboxylic acids is 1. The molecule has 0 aromatic heterocycles. The monoisotopic (exact) mass is 315 g/mol. The number of carbonyl (C=O) groups is 1. The molecule has 0 fully saturated rings. The molecular weight excluding hydrogens is 302 g/mol. The Morgan fingerprint density at radius 2 is 1.95 bits per heavy atom. The Kier molecular flexibility index (Phi) is 3.19. The summed E-state index contributed by atoms with van der Waals surface area (Å²) in [6.45, 7) is 0.130. The van der Waals surface area contributed by atoms with E-state index in [1.807, 2.05) is 6.07 Å². The van der Waals surface area contributed by atoms with Crippen molar-refractivity contribution in [2.45, 2.75) is 19.3 Å². The molecule has 2 aromatic carbocycles. The van der Waals surface area contributed by atoms with Gasteiger partial charge in [-0.05, 0) is 54.7 Å². The largest absolute Gasteiger partial charge is 0.454 e. The predicted octanol–water partition coefficient (Wildman–Crippen LogP) is 3.81. The van der Waals surface area contributed by atoms with Gasteiger partial charge < -0.3 is 14.8 Å². The van der Waals surface area contributed by atoms with Gasteiger partial charge in [0.15, 0.2) is 11.5 Å². The van der Waals surface area contributed by atoms with Gasteiger partial charge >= 0.3 is 0 Å². The quantitative estimate of drug-likeness (QED) is 0.916. The lowest BCUT2D eigenvalue weighted by Gasteiger charge is -2.09. The van der Waals surface area contributed by atoms with Gasteiger partial charge in [-0.1, -0.05) is 17.7 Å². The molecule has 0 atom stereocenters. The summed E-state index contributed by atoms with van der Waals surface area (Å²) in [5.74, 6) is 0.792. The average molecular weight is 316 g/mol. The molecule has 4 nitrogen and oxygen atoms in total. The van der Waals surface area contributed by atoms with Crippen molar-refractivity contribution in [3.8, 4) is 11.5 Å². The number of amides is 1. The fourth-order valence-electron chi connectivity index (χ4n) is 2.95. The molecule has 1 aliphatic heterocycles. The Hall–Kier alpha value is -2.20. The molecule has 1 aliphatic carbocycles. The van der Waals surface area contributed by atoms with Crippen molar-refractivity contribution in [1.29, 1.82) is 0 Å². The van der Waals surface area contributed by atoms with Crippen molar-refractivity contribution in [2.24, 2.45) is 0 Å². The van der Waals surface area contributed by atoms with Crippen molar-refractivity contribution in [1.82, 2.24) is 0 Å². The minimum absolute atomic E-state index is 0.130. The molecule has 4 rings (SSSR count). The molecule has 0 spiro atoms. The maximum Gasteiger partial charge on any atom is 0.255 e. The van der Waals surface area contributed by atoms with Crippen molar-refractivity contribution < 1.29 is 14.3 Å². The molecule has 2 aliphatic rings. The lowest BCUT2D eigenvalue weighted by atomic mass is 10.1. The third-order valence-corrected chi connectivity index (χ3v) is 4.33. The van der Waals surface area contributed by atoms with Crippen LogP contribution >= 0.6 is 11.6 Å². The summed E-state index contributed by atoms with van der Waals surface area (Å²) in [7, 11) is 0. The van der Waals surface area contributed by atoms with Gasteiger partial charge in [0.25, 0.3) is 5.91 Å². The Bertz CT molecular complexity index is 773. The second-order valence-electron chi connectivity index (χ2n) is 5.48. The molecule has 22 heavy (non-hydrogen) atoms. The van der Waals surface area contributed by atoms with Crippen LogP contribution < -0.4 is 14.8 Å². The normalized spacial score (nSPS) is 14.8. The minimum atomic E-state index is -0.210. The van der Waals surface area contributed by atoms with Crippen molar-refractivity contribution in [2.75, 3.05) is 12.1 Å². The third kappa shape index (κ3) is 2.29. The van der Waals surface area contributed by atoms with Crippen molar-refractivity contribution in [3.63, 3.8) is 0 Å². The van der Waals surface area contributed by atoms with Gasteiger partial charge in [-0.3, -0.25) is 4.79 Å². The van der Waals surface area contributed by atoms with Crippen LogP contribution in [-0.4, -0.2) is 12.7 Å². The number of benzene rings is 2. The molecule has 112 valence electrons. The van der Waals surface area contributed by atoms with Gasteiger partial charge in [-0.15, -0.1) is 0 Å². The average Bonchev–Trinajstić information content (AvgIpc) is 3.15. The maximum atomic E-state index is 12.4. The van der Waals surface area contributed by atoms with Crippen LogP contribution in [0, 0.1) is 0 Å². The SMILES string of the molecule is O=C(Nc1ccc2c(c1)CCC2)c1cc(Cl)c2c(c1)OCO2. The number of aryl methyl sites for hydroxylation is 2. The van der Waals surface area contributed by atoms with Gasteiger partial charge in [0, 0.05) is 11.3 Å². The van der Waals surface area contributed by atoms with E-state index in [-0.39, 0.29) is 12.7 Å². The molecular formula is C17H14ClNO3. The number of hydrogen-bond donors (Lipinski definition) is 1. The van der Waals surface area contributed by atoms with Crippen LogP contribution in [-0.2, 0) is 12.8 Å². The van der Waals surface area contributed by atoms with E-state index in [1.54, 1.807) is 12.1 Å². The first kappa shape index (κ1) is 13.5. The van der Waals surface area contributed by atoms with Crippen LogP contribution in [0.1, 0.15) is 27.9 Å². The van der Waals surface area contributed by atoms with Gasteiger partial charge in [0.2, 0.25) is 6.79 Å². The topological polar surface area (TPSA) is 47.6 Å². The Morgan fingerprint density at radius 1 is 1.09 bits per heavy atom. The minimum Gasteiger partial charge on any atom is -0.454 e. The first-order chi connectivity index (χ1) is 10.7. The summed E-state index contributed by atoms with van der Waals surface area (Å²) in [6.07, 6.45) is 3.39. The van der Waals surface area contributed by atoms with Crippen LogP contribution in [0.5, 0.6) is 11.5 Å². The van der Waals surface area contributed by atoms with Gasteiger partial charge in [0.05, 0.1) is 5.02 Å². The molecule has 1 heterocycles. The lowest BCUT2D eigenvalue weighted by Crippen LogP contribution is -2.12. The summed E-state index contributed by atoms with van der Waals surface area (Å²) < 4.78 is 10.5.